The summed E-state index contributed by atoms with van der Waals surface area (Å²) in [5.41, 5.74) is 4.56. The number of rotatable bonds is 7. The zero-order valence-corrected chi connectivity index (χ0v) is 14.9. The lowest BCUT2D eigenvalue weighted by Gasteiger charge is -2.26. The molecule has 0 saturated carbocycles. The molecule has 1 fully saturated rings. The predicted molar refractivity (Wildman–Crippen MR) is 102 cm³/mol. The van der Waals surface area contributed by atoms with Gasteiger partial charge in [0.1, 0.15) is 5.82 Å². The van der Waals surface area contributed by atoms with Crippen molar-refractivity contribution in [3.63, 3.8) is 0 Å². The molecule has 2 aromatic rings. The molecule has 1 heterocycles. The third-order valence-corrected chi connectivity index (χ3v) is 4.37. The van der Waals surface area contributed by atoms with E-state index >= 15 is 0 Å². The van der Waals surface area contributed by atoms with Crippen LogP contribution in [0.2, 0.25) is 0 Å². The second-order valence-electron chi connectivity index (χ2n) is 6.29. The fourth-order valence-electron chi connectivity index (χ4n) is 2.85. The van der Waals surface area contributed by atoms with E-state index in [1.54, 1.807) is 0 Å². The fourth-order valence-corrected chi connectivity index (χ4v) is 2.85. The van der Waals surface area contributed by atoms with Crippen molar-refractivity contribution in [2.75, 3.05) is 38.3 Å². The standard InChI is InChI=1S/C20H22FN3O3/c21-17-3-1-2-16(14-17)19(20(25)26)23-22-18-6-4-15(5-7-18)8-9-24-10-12-27-13-11-24/h1-7,14,22H,8-13H2,(H,25,26)/b23-19-. The number of aliphatic carboxylic acids is 1. The van der Waals surface area contributed by atoms with Gasteiger partial charge in [-0.15, -0.1) is 0 Å². The van der Waals surface area contributed by atoms with E-state index in [1.807, 2.05) is 24.3 Å². The van der Waals surface area contributed by atoms with Gasteiger partial charge in [-0.2, -0.15) is 5.10 Å². The summed E-state index contributed by atoms with van der Waals surface area (Å²) in [5.74, 6) is -1.73. The lowest BCUT2D eigenvalue weighted by molar-refractivity contribution is -0.129. The maximum absolute atomic E-state index is 13.3. The number of carboxylic acids is 1. The highest BCUT2D eigenvalue weighted by atomic mass is 19.1. The Labute approximate surface area is 157 Å². The number of hydrogen-bond donors (Lipinski definition) is 2. The van der Waals surface area contributed by atoms with Crippen LogP contribution in [0, 0.1) is 5.82 Å². The summed E-state index contributed by atoms with van der Waals surface area (Å²) in [5, 5.41) is 13.3. The van der Waals surface area contributed by atoms with Crippen molar-refractivity contribution in [2.24, 2.45) is 5.10 Å². The summed E-state index contributed by atoms with van der Waals surface area (Å²) >= 11 is 0. The molecule has 142 valence electrons. The van der Waals surface area contributed by atoms with Crippen molar-refractivity contribution in [1.82, 2.24) is 4.90 Å². The quantitative estimate of drug-likeness (QED) is 0.578. The first-order valence-electron chi connectivity index (χ1n) is 8.84. The Bertz CT molecular complexity index is 802. The third kappa shape index (κ3) is 5.60. The van der Waals surface area contributed by atoms with Gasteiger partial charge in [0.25, 0.3) is 0 Å². The number of carboxylic acid groups (broad SMARTS) is 1. The van der Waals surface area contributed by atoms with E-state index in [0.29, 0.717) is 5.69 Å². The van der Waals surface area contributed by atoms with Crippen LogP contribution >= 0.6 is 0 Å². The van der Waals surface area contributed by atoms with Crippen LogP contribution in [0.5, 0.6) is 0 Å². The molecule has 1 aliphatic rings. The maximum atomic E-state index is 13.3. The molecular formula is C20H22FN3O3. The molecule has 0 aliphatic carbocycles. The molecule has 0 aromatic heterocycles. The van der Waals surface area contributed by atoms with Crippen molar-refractivity contribution >= 4 is 17.4 Å². The van der Waals surface area contributed by atoms with Crippen LogP contribution in [-0.4, -0.2) is 54.5 Å². The highest BCUT2D eigenvalue weighted by Crippen LogP contribution is 2.12. The molecule has 6 nitrogen and oxygen atoms in total. The summed E-state index contributed by atoms with van der Waals surface area (Å²) in [6.45, 7) is 4.49. The number of nitrogens with one attached hydrogen (secondary N) is 1. The van der Waals surface area contributed by atoms with Crippen LogP contribution in [0.15, 0.2) is 53.6 Å². The minimum Gasteiger partial charge on any atom is -0.476 e. The van der Waals surface area contributed by atoms with E-state index in [0.717, 1.165) is 45.3 Å². The molecule has 0 atom stereocenters. The largest absolute Gasteiger partial charge is 0.476 e. The number of hydrogen-bond acceptors (Lipinski definition) is 5. The van der Waals surface area contributed by atoms with Gasteiger partial charge in [-0.25, -0.2) is 9.18 Å². The Morgan fingerprint density at radius 3 is 2.59 bits per heavy atom. The topological polar surface area (TPSA) is 74.2 Å². The lowest BCUT2D eigenvalue weighted by Crippen LogP contribution is -2.37. The number of benzene rings is 2. The monoisotopic (exact) mass is 371 g/mol. The number of ether oxygens (including phenoxy) is 1. The zero-order chi connectivity index (χ0) is 19.1. The number of carbonyl (C=O) groups is 1. The molecule has 0 spiro atoms. The van der Waals surface area contributed by atoms with Gasteiger partial charge in [0.05, 0.1) is 18.9 Å². The summed E-state index contributed by atoms with van der Waals surface area (Å²) < 4.78 is 18.7. The van der Waals surface area contributed by atoms with E-state index in [1.165, 1.54) is 23.8 Å². The lowest BCUT2D eigenvalue weighted by atomic mass is 10.1. The van der Waals surface area contributed by atoms with Crippen LogP contribution in [0.3, 0.4) is 0 Å². The Balaban J connectivity index is 1.60. The van der Waals surface area contributed by atoms with E-state index in [4.69, 9.17) is 4.74 Å². The molecule has 2 aromatic carbocycles. The average Bonchev–Trinajstić information content (AvgIpc) is 2.68. The van der Waals surface area contributed by atoms with Crippen molar-refractivity contribution in [2.45, 2.75) is 6.42 Å². The summed E-state index contributed by atoms with van der Waals surface area (Å²) in [6.07, 6.45) is 0.938. The number of halogens is 1. The number of hydrazone groups is 1. The van der Waals surface area contributed by atoms with Crippen LogP contribution in [-0.2, 0) is 16.0 Å². The molecule has 1 aliphatic heterocycles. The molecule has 0 radical (unpaired) electrons. The summed E-state index contributed by atoms with van der Waals surface area (Å²) in [6, 6.07) is 13.0. The highest BCUT2D eigenvalue weighted by Gasteiger charge is 2.13. The Morgan fingerprint density at radius 1 is 1.19 bits per heavy atom. The molecule has 0 unspecified atom stereocenters. The summed E-state index contributed by atoms with van der Waals surface area (Å²) in [4.78, 5) is 13.8. The molecule has 2 N–H and O–H groups in total. The van der Waals surface area contributed by atoms with Crippen molar-refractivity contribution in [3.8, 4) is 0 Å². The van der Waals surface area contributed by atoms with Crippen LogP contribution < -0.4 is 5.43 Å². The number of anilines is 1. The first-order valence-corrected chi connectivity index (χ1v) is 8.84. The van der Waals surface area contributed by atoms with Gasteiger partial charge < -0.3 is 9.84 Å². The zero-order valence-electron chi connectivity index (χ0n) is 14.9. The van der Waals surface area contributed by atoms with Crippen LogP contribution in [0.1, 0.15) is 11.1 Å². The predicted octanol–water partition coefficient (Wildman–Crippen LogP) is 2.60. The normalized spacial score (nSPS) is 15.5. The van der Waals surface area contributed by atoms with Gasteiger partial charge >= 0.3 is 5.97 Å². The molecule has 0 amide bonds. The van der Waals surface area contributed by atoms with Gasteiger partial charge in [0.2, 0.25) is 0 Å². The first-order chi connectivity index (χ1) is 13.1. The van der Waals surface area contributed by atoms with Crippen LogP contribution in [0.25, 0.3) is 0 Å². The second kappa shape index (κ2) is 9.25. The molecule has 27 heavy (non-hydrogen) atoms. The fraction of sp³-hybridized carbons (Fsp3) is 0.300. The van der Waals surface area contributed by atoms with E-state index in [9.17, 15) is 14.3 Å². The minimum absolute atomic E-state index is 0.206. The van der Waals surface area contributed by atoms with E-state index < -0.39 is 11.8 Å². The molecule has 7 heteroatoms. The SMILES string of the molecule is O=C(O)/C(=N\Nc1ccc(CCN2CCOCC2)cc1)c1cccc(F)c1. The minimum atomic E-state index is -1.23. The molecular weight excluding hydrogens is 349 g/mol. The number of morpholine rings is 1. The van der Waals surface area contributed by atoms with Gasteiger partial charge in [-0.05, 0) is 36.2 Å². The molecule has 0 bridgehead atoms. The number of nitrogens with zero attached hydrogens (tertiary/aromatic N) is 2. The van der Waals surface area contributed by atoms with Gasteiger partial charge in [-0.3, -0.25) is 10.3 Å². The third-order valence-electron chi connectivity index (χ3n) is 4.37. The second-order valence-corrected chi connectivity index (χ2v) is 6.29. The maximum Gasteiger partial charge on any atom is 0.356 e. The molecule has 3 rings (SSSR count). The van der Waals surface area contributed by atoms with Gasteiger partial charge in [-0.1, -0.05) is 24.3 Å². The average molecular weight is 371 g/mol. The van der Waals surface area contributed by atoms with E-state index in [2.05, 4.69) is 15.4 Å². The molecule has 1 saturated heterocycles. The Hall–Kier alpha value is -2.77. The van der Waals surface area contributed by atoms with Gasteiger partial charge in [0, 0.05) is 25.2 Å². The van der Waals surface area contributed by atoms with Crippen LogP contribution in [0.4, 0.5) is 10.1 Å². The Kier molecular flexibility index (Phi) is 6.51. The first kappa shape index (κ1) is 19.0. The highest BCUT2D eigenvalue weighted by molar-refractivity contribution is 6.42. The summed E-state index contributed by atoms with van der Waals surface area (Å²) in [7, 11) is 0. The van der Waals surface area contributed by atoms with Gasteiger partial charge in [0.15, 0.2) is 5.71 Å². The Morgan fingerprint density at radius 2 is 1.93 bits per heavy atom. The van der Waals surface area contributed by atoms with E-state index in [-0.39, 0.29) is 11.3 Å². The van der Waals surface area contributed by atoms with Crippen molar-refractivity contribution in [1.29, 1.82) is 0 Å². The van der Waals surface area contributed by atoms with Crippen molar-refractivity contribution < 1.29 is 19.0 Å². The smallest absolute Gasteiger partial charge is 0.356 e. The van der Waals surface area contributed by atoms with Crippen molar-refractivity contribution in [3.05, 3.63) is 65.5 Å².